The van der Waals surface area contributed by atoms with Crippen LogP contribution in [0, 0.1) is 21.7 Å². The highest BCUT2D eigenvalue weighted by atomic mass is 16.7. The van der Waals surface area contributed by atoms with Crippen molar-refractivity contribution in [3.8, 4) is 0 Å². The van der Waals surface area contributed by atoms with Crippen molar-refractivity contribution < 1.29 is 9.31 Å². The van der Waals surface area contributed by atoms with Crippen LogP contribution in [0.5, 0.6) is 0 Å². The Morgan fingerprint density at radius 1 is 0.533 bits per heavy atom. The van der Waals surface area contributed by atoms with Crippen molar-refractivity contribution in [2.75, 3.05) is 0 Å². The first-order valence-corrected chi connectivity index (χ1v) is 17.7. The Morgan fingerprint density at radius 3 is 1.38 bits per heavy atom. The first-order valence-electron chi connectivity index (χ1n) is 17.7. The zero-order valence-electron chi connectivity index (χ0n) is 30.4. The van der Waals surface area contributed by atoms with Gasteiger partial charge in [-0.3, -0.25) is 0 Å². The van der Waals surface area contributed by atoms with Gasteiger partial charge in [0.15, 0.2) is 13.4 Å². The van der Waals surface area contributed by atoms with E-state index in [2.05, 4.69) is 144 Å². The summed E-state index contributed by atoms with van der Waals surface area (Å²) >= 11 is 0. The largest absolute Gasteiger partial charge is 0.465 e. The molecule has 3 fully saturated rings. The number of rotatable bonds is 5. The van der Waals surface area contributed by atoms with E-state index in [9.17, 15) is 0 Å². The fraction of sp³-hybridized carbons (Fsp3) is 0.600. The molecule has 0 saturated carbocycles. The Kier molecular flexibility index (Phi) is 7.89. The van der Waals surface area contributed by atoms with Gasteiger partial charge in [0, 0.05) is 5.82 Å². The molecule has 4 aliphatic rings. The molecule has 2 nitrogen and oxygen atoms in total. The van der Waals surface area contributed by atoms with E-state index >= 15 is 0 Å². The number of hydrogen-bond acceptors (Lipinski definition) is 2. The topological polar surface area (TPSA) is 18.5 Å². The van der Waals surface area contributed by atoms with Gasteiger partial charge in [0.05, 0.1) is 11.2 Å². The van der Waals surface area contributed by atoms with Gasteiger partial charge in [-0.2, -0.15) is 0 Å². The van der Waals surface area contributed by atoms with Gasteiger partial charge >= 0.3 is 7.12 Å². The van der Waals surface area contributed by atoms with Crippen LogP contribution in [0.15, 0.2) is 71.6 Å². The van der Waals surface area contributed by atoms with Crippen molar-refractivity contribution in [2.24, 2.45) is 21.7 Å². The van der Waals surface area contributed by atoms with E-state index in [4.69, 9.17) is 9.31 Å². The Morgan fingerprint density at radius 2 is 0.933 bits per heavy atom. The van der Waals surface area contributed by atoms with Crippen molar-refractivity contribution in [3.05, 3.63) is 82.7 Å². The highest BCUT2D eigenvalue weighted by molar-refractivity contribution is 6.77. The second-order valence-corrected chi connectivity index (χ2v) is 18.6. The fourth-order valence-corrected chi connectivity index (χ4v) is 9.16. The molecule has 1 unspecified atom stereocenters. The summed E-state index contributed by atoms with van der Waals surface area (Å²) in [5, 5.41) is 0. The Hall–Kier alpha value is -1.97. The van der Waals surface area contributed by atoms with Gasteiger partial charge in [0.2, 0.25) is 0 Å². The van der Waals surface area contributed by atoms with Crippen LogP contribution < -0.4 is 0 Å². The molecule has 3 aliphatic heterocycles. The minimum Gasteiger partial charge on any atom is -0.403 e. The Balaban J connectivity index is 1.66. The second kappa shape index (κ2) is 10.8. The Labute approximate surface area is 276 Å². The minimum absolute atomic E-state index is 0.150. The molecule has 0 spiro atoms. The maximum atomic E-state index is 7.01. The van der Waals surface area contributed by atoms with Crippen LogP contribution in [0.1, 0.15) is 101 Å². The molecule has 1 aliphatic carbocycles. The first-order chi connectivity index (χ1) is 20.8. The van der Waals surface area contributed by atoms with Crippen LogP contribution in [0.25, 0.3) is 11.1 Å². The molecule has 1 atom stereocenters. The van der Waals surface area contributed by atoms with Crippen LogP contribution in [0.2, 0.25) is 31.1 Å². The lowest BCUT2D eigenvalue weighted by Crippen LogP contribution is -2.41. The van der Waals surface area contributed by atoms with Crippen LogP contribution >= 0.6 is 0 Å². The third-order valence-electron chi connectivity index (χ3n) is 14.0. The molecule has 5 heteroatoms. The monoisotopic (exact) mass is 602 g/mol. The van der Waals surface area contributed by atoms with Crippen molar-refractivity contribution in [1.29, 1.82) is 0 Å². The average molecular weight is 602 g/mol. The molecule has 2 aromatic carbocycles. The lowest BCUT2D eigenvalue weighted by molar-refractivity contribution is 0.00578. The Bertz CT molecular complexity index is 1450. The van der Waals surface area contributed by atoms with Gasteiger partial charge in [0.25, 0.3) is 0 Å². The summed E-state index contributed by atoms with van der Waals surface area (Å²) in [6, 6.07) is 22.7. The van der Waals surface area contributed by atoms with Crippen LogP contribution in [0.4, 0.5) is 0 Å². The molecular weight excluding hydrogens is 545 g/mol. The van der Waals surface area contributed by atoms with Crippen LogP contribution in [0.3, 0.4) is 0 Å². The number of hydrogen-bond donors (Lipinski definition) is 0. The van der Waals surface area contributed by atoms with Gasteiger partial charge in [-0.05, 0) is 78.0 Å². The van der Waals surface area contributed by atoms with Gasteiger partial charge < -0.3 is 9.31 Å². The molecule has 238 valence electrons. The smallest absolute Gasteiger partial charge is 0.403 e. The lowest BCUT2D eigenvalue weighted by Gasteiger charge is -2.38. The molecule has 2 aromatic rings. The molecule has 6 rings (SSSR count). The molecule has 0 radical (unpaired) electrons. The highest BCUT2D eigenvalue weighted by Crippen LogP contribution is 2.62. The van der Waals surface area contributed by atoms with Crippen molar-refractivity contribution in [2.45, 2.75) is 132 Å². The van der Waals surface area contributed by atoms with Crippen molar-refractivity contribution >= 4 is 31.7 Å². The molecule has 0 aromatic heterocycles. The van der Waals surface area contributed by atoms with Gasteiger partial charge in [-0.15, -0.1) is 0 Å². The average Bonchev–Trinajstić information content (AvgIpc) is 3.41. The van der Waals surface area contributed by atoms with Gasteiger partial charge in [0.1, 0.15) is 0 Å². The summed E-state index contributed by atoms with van der Waals surface area (Å²) in [4.78, 5) is 0. The standard InChI is InChI=1S/C40H57B3O2/c1-35(2)24-41(25-36(35,3)4)33-30(28-19-15-13-16-20-28)23-31(43-44-39(9,10)40(11,12)45-43)34(32(33)29-21-17-14-18-22-29)42-26-37(5,6)38(7,8)27-42/h13-22,31H,23-27H2,1-12H3. The molecule has 3 saturated heterocycles. The maximum absolute atomic E-state index is 7.01. The molecule has 0 amide bonds. The zero-order chi connectivity index (χ0) is 32.8. The highest BCUT2D eigenvalue weighted by Gasteiger charge is 2.59. The molecule has 0 bridgehead atoms. The lowest BCUT2D eigenvalue weighted by atomic mass is 9.30. The van der Waals surface area contributed by atoms with Gasteiger partial charge in [-0.1, -0.05) is 152 Å². The van der Waals surface area contributed by atoms with E-state index in [-0.39, 0.29) is 45.8 Å². The van der Waals surface area contributed by atoms with E-state index in [0.717, 1.165) is 6.42 Å². The van der Waals surface area contributed by atoms with Gasteiger partial charge in [-0.25, -0.2) is 0 Å². The summed E-state index contributed by atoms with van der Waals surface area (Å²) < 4.78 is 14.0. The molecule has 45 heavy (non-hydrogen) atoms. The number of allylic oxidation sites excluding steroid dienone is 4. The summed E-state index contributed by atoms with van der Waals surface area (Å²) in [7, 11) is -0.285. The van der Waals surface area contributed by atoms with Crippen molar-refractivity contribution in [1.82, 2.24) is 0 Å². The molecule has 0 N–H and O–H groups in total. The molecular formula is C40H57B3O2. The predicted octanol–water partition coefficient (Wildman–Crippen LogP) is 11.0. The van der Waals surface area contributed by atoms with E-state index in [1.54, 1.807) is 10.9 Å². The summed E-state index contributed by atoms with van der Waals surface area (Å²) in [5.74, 6) is 0.150. The van der Waals surface area contributed by atoms with E-state index in [0.29, 0.717) is 13.4 Å². The van der Waals surface area contributed by atoms with Crippen LogP contribution in [-0.2, 0) is 9.31 Å². The number of benzene rings is 2. The third-order valence-corrected chi connectivity index (χ3v) is 14.0. The van der Waals surface area contributed by atoms with Crippen molar-refractivity contribution in [3.63, 3.8) is 0 Å². The van der Waals surface area contributed by atoms with E-state index < -0.39 is 0 Å². The summed E-state index contributed by atoms with van der Waals surface area (Å²) in [6.45, 7) is 29.8. The third kappa shape index (κ3) is 5.46. The van der Waals surface area contributed by atoms with E-state index in [1.807, 2.05) is 0 Å². The van der Waals surface area contributed by atoms with Crippen LogP contribution in [-0.4, -0.2) is 31.7 Å². The summed E-state index contributed by atoms with van der Waals surface area (Å²) in [6.07, 6.45) is 5.75. The maximum Gasteiger partial charge on any atom is 0.465 e. The normalized spacial score (nSPS) is 27.9. The SMILES string of the molecule is CC1(C)CB(C2=C(c3ccccc3)CC(B3OC(C)(C)C(C)(C)O3)C(B3CC(C)(C)C(C)(C)C3)=C2c2ccccc2)CC1(C)C. The minimum atomic E-state index is -0.375. The van der Waals surface area contributed by atoms with E-state index in [1.165, 1.54) is 47.6 Å². The first kappa shape index (κ1) is 33.0. The molecule has 3 heterocycles. The fourth-order valence-electron chi connectivity index (χ4n) is 9.16. The zero-order valence-corrected chi connectivity index (χ0v) is 30.4. The summed E-state index contributed by atoms with van der Waals surface area (Å²) in [5.41, 5.74) is 9.21. The predicted molar refractivity (Wildman–Crippen MR) is 197 cm³/mol. The second-order valence-electron chi connectivity index (χ2n) is 18.6. The quantitative estimate of drug-likeness (QED) is 0.317.